The fourth-order valence-corrected chi connectivity index (χ4v) is 9.70. The van der Waals surface area contributed by atoms with E-state index in [2.05, 4.69) is 21.5 Å². The number of halogens is 2. The largest absolute Gasteiger partial charge is 0.494 e. The summed E-state index contributed by atoms with van der Waals surface area (Å²) < 4.78 is 16.6. The number of aryl methyl sites for hydroxylation is 6. The number of carbonyl (C=O) groups excluding carboxylic acids is 1. The molecule has 0 bridgehead atoms. The zero-order chi connectivity index (χ0) is 45.7. The molecule has 1 atom stereocenters. The van der Waals surface area contributed by atoms with E-state index in [1.165, 1.54) is 0 Å². The third-order valence-corrected chi connectivity index (χ3v) is 13.2. The molecule has 4 aromatic carbocycles. The number of carboxylic acid groups (broad SMARTS) is 1. The molecule has 330 valence electrons. The number of ether oxygens (including phenoxy) is 2. The van der Waals surface area contributed by atoms with Crippen LogP contribution < -0.4 is 14.4 Å². The number of aromatic carboxylic acids is 1. The first kappa shape index (κ1) is 43.6. The molecule has 13 heteroatoms. The fraction of sp³-hybridized carbons (Fsp3) is 0.250. The van der Waals surface area contributed by atoms with Crippen LogP contribution in [0.1, 0.15) is 85.4 Å². The standard InChI is InChI=1S/C52H48Cl2N6O5/c1-29-20-38(21-30(2)47(29)54)64-19-11-16-40-41-17-18-42(53)46(45-33(5)55-28-56-34(45)6)49(41)60-32(4)25-59(51(61)50(40)60)43-24-39(65-27-35-13-8-7-9-14-35)22-36-23-44(52(62)63)58(48(36)43)26-37-15-10-12-31(3)57-37/h7-10,12-15,17-18,20-24,28,32H,11,16,19,25-27H2,1-6H3,(H,62,63). The second-order valence-corrected chi connectivity index (χ2v) is 17.7. The van der Waals surface area contributed by atoms with Crippen LogP contribution in [0.25, 0.3) is 32.9 Å². The Hall–Kier alpha value is -6.69. The number of rotatable bonds is 13. The molecular formula is C52H48Cl2N6O5. The Morgan fingerprint density at radius 3 is 2.26 bits per heavy atom. The molecule has 4 aromatic heterocycles. The average Bonchev–Trinajstić information content (AvgIpc) is 3.81. The molecule has 5 heterocycles. The lowest BCUT2D eigenvalue weighted by Crippen LogP contribution is -2.43. The minimum absolute atomic E-state index is 0.0678. The van der Waals surface area contributed by atoms with Crippen molar-refractivity contribution in [3.05, 3.63) is 164 Å². The van der Waals surface area contributed by atoms with Crippen molar-refractivity contribution < 1.29 is 24.2 Å². The second-order valence-electron chi connectivity index (χ2n) is 16.9. The lowest BCUT2D eigenvalue weighted by molar-refractivity contribution is 0.0686. The van der Waals surface area contributed by atoms with Crippen LogP contribution in [0.5, 0.6) is 11.5 Å². The lowest BCUT2D eigenvalue weighted by Gasteiger charge is -2.35. The smallest absolute Gasteiger partial charge is 0.352 e. The van der Waals surface area contributed by atoms with Crippen LogP contribution in [0.3, 0.4) is 0 Å². The topological polar surface area (TPSA) is 125 Å². The molecule has 1 unspecified atom stereocenters. The lowest BCUT2D eigenvalue weighted by atomic mass is 9.97. The molecule has 0 radical (unpaired) electrons. The summed E-state index contributed by atoms with van der Waals surface area (Å²) in [5.74, 6) is -0.104. The highest BCUT2D eigenvalue weighted by Crippen LogP contribution is 2.46. The number of fused-ring (bicyclic) bond motifs is 4. The predicted molar refractivity (Wildman–Crippen MR) is 256 cm³/mol. The maximum Gasteiger partial charge on any atom is 0.352 e. The van der Waals surface area contributed by atoms with Crippen molar-refractivity contribution >= 4 is 62.6 Å². The van der Waals surface area contributed by atoms with Crippen molar-refractivity contribution in [3.8, 4) is 22.6 Å². The summed E-state index contributed by atoms with van der Waals surface area (Å²) in [6.07, 6.45) is 2.66. The zero-order valence-electron chi connectivity index (χ0n) is 37.1. The van der Waals surface area contributed by atoms with Gasteiger partial charge in [0.15, 0.2) is 0 Å². The van der Waals surface area contributed by atoms with Crippen LogP contribution in [0.4, 0.5) is 5.69 Å². The van der Waals surface area contributed by atoms with E-state index >= 15 is 4.79 Å². The molecule has 0 fully saturated rings. The van der Waals surface area contributed by atoms with E-state index in [0.717, 1.165) is 67.1 Å². The summed E-state index contributed by atoms with van der Waals surface area (Å²) in [5, 5.41) is 13.4. The molecule has 0 aliphatic carbocycles. The van der Waals surface area contributed by atoms with Crippen LogP contribution >= 0.6 is 23.2 Å². The first-order chi connectivity index (χ1) is 31.3. The summed E-state index contributed by atoms with van der Waals surface area (Å²) in [6, 6.07) is 28.4. The van der Waals surface area contributed by atoms with Gasteiger partial charge in [-0.05, 0) is 119 Å². The van der Waals surface area contributed by atoms with E-state index in [-0.39, 0.29) is 37.3 Å². The van der Waals surface area contributed by atoms with Crippen molar-refractivity contribution in [1.29, 1.82) is 0 Å². The molecule has 65 heavy (non-hydrogen) atoms. The number of hydrogen-bond acceptors (Lipinski definition) is 7. The Balaban J connectivity index is 1.22. The van der Waals surface area contributed by atoms with Gasteiger partial charge in [0.2, 0.25) is 0 Å². The maximum atomic E-state index is 15.8. The first-order valence-electron chi connectivity index (χ1n) is 21.6. The molecule has 0 spiro atoms. The van der Waals surface area contributed by atoms with Gasteiger partial charge in [-0.1, -0.05) is 65.7 Å². The van der Waals surface area contributed by atoms with E-state index in [0.29, 0.717) is 63.2 Å². The third kappa shape index (κ3) is 8.19. The van der Waals surface area contributed by atoms with E-state index in [1.54, 1.807) is 21.9 Å². The van der Waals surface area contributed by atoms with Crippen molar-refractivity contribution in [2.45, 2.75) is 73.6 Å². The van der Waals surface area contributed by atoms with E-state index in [9.17, 15) is 9.90 Å². The van der Waals surface area contributed by atoms with Gasteiger partial charge in [0.1, 0.15) is 35.8 Å². The Morgan fingerprint density at radius 1 is 0.831 bits per heavy atom. The zero-order valence-corrected chi connectivity index (χ0v) is 38.6. The summed E-state index contributed by atoms with van der Waals surface area (Å²) in [6.45, 7) is 12.9. The average molecular weight is 908 g/mol. The van der Waals surface area contributed by atoms with Gasteiger partial charge in [0.05, 0.1) is 40.6 Å². The molecule has 9 rings (SSSR count). The number of benzene rings is 4. The Bertz CT molecular complexity index is 3140. The molecule has 11 nitrogen and oxygen atoms in total. The summed E-state index contributed by atoms with van der Waals surface area (Å²) in [7, 11) is 0. The monoisotopic (exact) mass is 906 g/mol. The summed E-state index contributed by atoms with van der Waals surface area (Å²) >= 11 is 13.7. The van der Waals surface area contributed by atoms with E-state index in [4.69, 9.17) is 37.7 Å². The number of hydrogen-bond donors (Lipinski definition) is 1. The molecule has 8 aromatic rings. The Morgan fingerprint density at radius 2 is 1.55 bits per heavy atom. The van der Waals surface area contributed by atoms with E-state index < -0.39 is 5.97 Å². The molecular weight excluding hydrogens is 860 g/mol. The molecule has 0 saturated heterocycles. The number of carboxylic acids is 1. The van der Waals surface area contributed by atoms with Gasteiger partial charge in [0.25, 0.3) is 5.91 Å². The number of pyridine rings is 1. The highest BCUT2D eigenvalue weighted by molar-refractivity contribution is 6.35. The number of nitrogens with zero attached hydrogens (tertiary/aromatic N) is 6. The summed E-state index contributed by atoms with van der Waals surface area (Å²) in [4.78, 5) is 44.5. The van der Waals surface area contributed by atoms with Gasteiger partial charge >= 0.3 is 5.97 Å². The second kappa shape index (κ2) is 17.7. The van der Waals surface area contributed by atoms with Gasteiger partial charge < -0.3 is 28.6 Å². The number of amides is 1. The van der Waals surface area contributed by atoms with Gasteiger partial charge in [-0.25, -0.2) is 14.8 Å². The van der Waals surface area contributed by atoms with E-state index in [1.807, 2.05) is 120 Å². The highest BCUT2D eigenvalue weighted by atomic mass is 35.5. The molecule has 1 amide bonds. The highest BCUT2D eigenvalue weighted by Gasteiger charge is 2.38. The quantitative estimate of drug-likeness (QED) is 0.113. The normalized spacial score (nSPS) is 13.8. The minimum atomic E-state index is -1.10. The molecule has 1 aliphatic heterocycles. The van der Waals surface area contributed by atoms with Gasteiger partial charge in [-0.2, -0.15) is 0 Å². The predicted octanol–water partition coefficient (Wildman–Crippen LogP) is 11.9. The summed E-state index contributed by atoms with van der Waals surface area (Å²) in [5.41, 5.74) is 10.9. The van der Waals surface area contributed by atoms with Crippen LogP contribution in [-0.4, -0.2) is 54.2 Å². The SMILES string of the molecule is Cc1cccc(Cn2c(C(=O)O)cc3cc(OCc4ccccc4)cc(N4CC(C)n5c(c(CCCOc6cc(C)c(Cl)c(C)c6)c6ccc(Cl)c(-c7c(C)ncnc7C)c65)C4=O)c32)n1. The first-order valence-corrected chi connectivity index (χ1v) is 22.4. The van der Waals surface area contributed by atoms with Crippen molar-refractivity contribution in [3.63, 3.8) is 0 Å². The Labute approximate surface area is 387 Å². The third-order valence-electron chi connectivity index (χ3n) is 12.3. The van der Waals surface area contributed by atoms with Crippen LogP contribution in [0.15, 0.2) is 97.3 Å². The maximum absolute atomic E-state index is 15.8. The van der Waals surface area contributed by atoms with Crippen LogP contribution in [-0.2, 0) is 19.6 Å². The van der Waals surface area contributed by atoms with Crippen LogP contribution in [0, 0.1) is 34.6 Å². The van der Waals surface area contributed by atoms with Crippen molar-refractivity contribution in [2.24, 2.45) is 0 Å². The van der Waals surface area contributed by atoms with Crippen molar-refractivity contribution in [1.82, 2.24) is 24.1 Å². The molecule has 0 saturated carbocycles. The van der Waals surface area contributed by atoms with Gasteiger partial charge in [-0.15, -0.1) is 0 Å². The number of anilines is 1. The van der Waals surface area contributed by atoms with Crippen molar-refractivity contribution in [2.75, 3.05) is 18.1 Å². The minimum Gasteiger partial charge on any atom is -0.494 e. The fourth-order valence-electron chi connectivity index (χ4n) is 9.34. The number of aromatic nitrogens is 5. The molecule has 1 aliphatic rings. The van der Waals surface area contributed by atoms with Gasteiger partial charge in [0, 0.05) is 62.7 Å². The molecule has 1 N–H and O–H groups in total. The van der Waals surface area contributed by atoms with Gasteiger partial charge in [-0.3, -0.25) is 9.78 Å². The Kier molecular flexibility index (Phi) is 11.9. The van der Waals surface area contributed by atoms with Crippen LogP contribution in [0.2, 0.25) is 10.0 Å². The number of carbonyl (C=O) groups is 2.